The predicted molar refractivity (Wildman–Crippen MR) is 114 cm³/mol. The SMILES string of the molecule is CCCC(=O)Nc1ccc(SCC(=O)Nc2cc(Cl)c(OC)cc2OC)cc1. The maximum atomic E-state index is 12.3. The molecule has 2 aromatic carbocycles. The Labute approximate surface area is 173 Å². The van der Waals surface area contributed by atoms with Gasteiger partial charge in [0.25, 0.3) is 0 Å². The van der Waals surface area contributed by atoms with E-state index < -0.39 is 0 Å². The Balaban J connectivity index is 1.92. The lowest BCUT2D eigenvalue weighted by atomic mass is 10.2. The summed E-state index contributed by atoms with van der Waals surface area (Å²) in [7, 11) is 3.02. The molecule has 2 amide bonds. The fourth-order valence-electron chi connectivity index (χ4n) is 2.38. The number of ether oxygens (including phenoxy) is 2. The fourth-order valence-corrected chi connectivity index (χ4v) is 3.32. The molecule has 0 spiro atoms. The zero-order chi connectivity index (χ0) is 20.5. The molecule has 0 unspecified atom stereocenters. The Morgan fingerprint density at radius 1 is 1.00 bits per heavy atom. The molecule has 0 radical (unpaired) electrons. The molecule has 0 atom stereocenters. The molecule has 6 nitrogen and oxygen atoms in total. The highest BCUT2D eigenvalue weighted by Crippen LogP contribution is 2.36. The topological polar surface area (TPSA) is 76.7 Å². The number of thioether (sulfide) groups is 1. The first-order chi connectivity index (χ1) is 13.5. The van der Waals surface area contributed by atoms with Gasteiger partial charge in [-0.1, -0.05) is 18.5 Å². The second-order valence-corrected chi connectivity index (χ2v) is 7.30. The molecule has 0 heterocycles. The third kappa shape index (κ3) is 6.35. The molecule has 0 fully saturated rings. The Kier molecular flexibility index (Phi) is 8.47. The van der Waals surface area contributed by atoms with Crippen molar-refractivity contribution in [3.8, 4) is 11.5 Å². The maximum Gasteiger partial charge on any atom is 0.234 e. The number of halogens is 1. The third-order valence-corrected chi connectivity index (χ3v) is 5.04. The summed E-state index contributed by atoms with van der Waals surface area (Å²) in [6, 6.07) is 10.6. The van der Waals surface area contributed by atoms with Gasteiger partial charge in [-0.25, -0.2) is 0 Å². The molecule has 2 rings (SSSR count). The van der Waals surface area contributed by atoms with Crippen molar-refractivity contribution in [2.24, 2.45) is 0 Å². The van der Waals surface area contributed by atoms with Crippen molar-refractivity contribution in [2.45, 2.75) is 24.7 Å². The van der Waals surface area contributed by atoms with E-state index in [1.165, 1.54) is 26.0 Å². The van der Waals surface area contributed by atoms with Gasteiger partial charge in [0, 0.05) is 23.1 Å². The quantitative estimate of drug-likeness (QED) is 0.566. The molecule has 0 bridgehead atoms. The van der Waals surface area contributed by atoms with Gasteiger partial charge in [-0.2, -0.15) is 0 Å². The van der Waals surface area contributed by atoms with Crippen molar-refractivity contribution >= 4 is 46.6 Å². The van der Waals surface area contributed by atoms with Crippen LogP contribution in [0.3, 0.4) is 0 Å². The summed E-state index contributed by atoms with van der Waals surface area (Å²) in [6.07, 6.45) is 1.30. The summed E-state index contributed by atoms with van der Waals surface area (Å²) in [6.45, 7) is 1.96. The zero-order valence-electron chi connectivity index (χ0n) is 16.0. The first-order valence-electron chi connectivity index (χ1n) is 8.71. The van der Waals surface area contributed by atoms with Crippen LogP contribution in [0.4, 0.5) is 11.4 Å². The number of amides is 2. The monoisotopic (exact) mass is 422 g/mol. The van der Waals surface area contributed by atoms with Crippen LogP contribution in [0.15, 0.2) is 41.3 Å². The summed E-state index contributed by atoms with van der Waals surface area (Å²) >= 11 is 7.51. The van der Waals surface area contributed by atoms with Crippen molar-refractivity contribution in [1.82, 2.24) is 0 Å². The van der Waals surface area contributed by atoms with E-state index in [0.29, 0.717) is 28.6 Å². The van der Waals surface area contributed by atoms with Gasteiger partial charge in [0.2, 0.25) is 11.8 Å². The second kappa shape index (κ2) is 10.8. The van der Waals surface area contributed by atoms with Gasteiger partial charge in [-0.3, -0.25) is 9.59 Å². The highest BCUT2D eigenvalue weighted by molar-refractivity contribution is 8.00. The predicted octanol–water partition coefficient (Wildman–Crippen LogP) is 4.83. The van der Waals surface area contributed by atoms with Crippen LogP contribution in [0.5, 0.6) is 11.5 Å². The number of rotatable bonds is 9. The molecule has 0 aromatic heterocycles. The van der Waals surface area contributed by atoms with Crippen LogP contribution in [-0.2, 0) is 9.59 Å². The number of benzene rings is 2. The minimum atomic E-state index is -0.190. The van der Waals surface area contributed by atoms with Crippen LogP contribution in [0.2, 0.25) is 5.02 Å². The minimum Gasteiger partial charge on any atom is -0.495 e. The normalized spacial score (nSPS) is 10.3. The van der Waals surface area contributed by atoms with Crippen molar-refractivity contribution in [1.29, 1.82) is 0 Å². The van der Waals surface area contributed by atoms with Crippen molar-refractivity contribution < 1.29 is 19.1 Å². The molecule has 28 heavy (non-hydrogen) atoms. The molecule has 0 saturated carbocycles. The lowest BCUT2D eigenvalue weighted by molar-refractivity contribution is -0.116. The van der Waals surface area contributed by atoms with E-state index >= 15 is 0 Å². The number of hydrogen-bond acceptors (Lipinski definition) is 5. The Bertz CT molecular complexity index is 828. The second-order valence-electron chi connectivity index (χ2n) is 5.85. The number of anilines is 2. The Morgan fingerprint density at radius 3 is 2.29 bits per heavy atom. The molecule has 2 N–H and O–H groups in total. The molecule has 2 aromatic rings. The average Bonchev–Trinajstić information content (AvgIpc) is 2.68. The van der Waals surface area contributed by atoms with Crippen LogP contribution in [-0.4, -0.2) is 31.8 Å². The van der Waals surface area contributed by atoms with E-state index in [2.05, 4.69) is 10.6 Å². The van der Waals surface area contributed by atoms with Gasteiger partial charge in [-0.05, 0) is 36.8 Å². The van der Waals surface area contributed by atoms with Crippen molar-refractivity contribution in [3.63, 3.8) is 0 Å². The summed E-state index contributed by atoms with van der Waals surface area (Å²) in [5.74, 6) is 0.956. The van der Waals surface area contributed by atoms with Crippen molar-refractivity contribution in [3.05, 3.63) is 41.4 Å². The summed E-state index contributed by atoms with van der Waals surface area (Å²) < 4.78 is 10.4. The van der Waals surface area contributed by atoms with E-state index in [9.17, 15) is 9.59 Å². The molecule has 0 saturated heterocycles. The lowest BCUT2D eigenvalue weighted by Gasteiger charge is -2.13. The average molecular weight is 423 g/mol. The molecule has 0 aliphatic rings. The largest absolute Gasteiger partial charge is 0.495 e. The number of hydrogen-bond donors (Lipinski definition) is 2. The number of nitrogens with one attached hydrogen (secondary N) is 2. The van der Waals surface area contributed by atoms with Gasteiger partial charge < -0.3 is 20.1 Å². The van der Waals surface area contributed by atoms with Gasteiger partial charge >= 0.3 is 0 Å². The van der Waals surface area contributed by atoms with Crippen LogP contribution in [0.1, 0.15) is 19.8 Å². The fraction of sp³-hybridized carbons (Fsp3) is 0.300. The summed E-state index contributed by atoms with van der Waals surface area (Å²) in [5.41, 5.74) is 1.22. The molecule has 0 aliphatic heterocycles. The highest BCUT2D eigenvalue weighted by Gasteiger charge is 2.13. The molecule has 8 heteroatoms. The lowest BCUT2D eigenvalue weighted by Crippen LogP contribution is -2.14. The molecule has 0 aliphatic carbocycles. The summed E-state index contributed by atoms with van der Waals surface area (Å²) in [4.78, 5) is 24.8. The van der Waals surface area contributed by atoms with Crippen LogP contribution in [0.25, 0.3) is 0 Å². The van der Waals surface area contributed by atoms with Crippen molar-refractivity contribution in [2.75, 3.05) is 30.6 Å². The van der Waals surface area contributed by atoms with E-state index in [0.717, 1.165) is 17.0 Å². The van der Waals surface area contributed by atoms with E-state index in [4.69, 9.17) is 21.1 Å². The zero-order valence-corrected chi connectivity index (χ0v) is 17.6. The van der Waals surface area contributed by atoms with Crippen LogP contribution in [0, 0.1) is 0 Å². The van der Waals surface area contributed by atoms with E-state index in [1.807, 2.05) is 31.2 Å². The number of carbonyl (C=O) groups is 2. The Morgan fingerprint density at radius 2 is 1.68 bits per heavy atom. The van der Waals surface area contributed by atoms with Crippen LogP contribution >= 0.6 is 23.4 Å². The van der Waals surface area contributed by atoms with Gasteiger partial charge in [0.1, 0.15) is 11.5 Å². The maximum absolute atomic E-state index is 12.3. The third-order valence-electron chi connectivity index (χ3n) is 3.73. The molecular weight excluding hydrogens is 400 g/mol. The van der Waals surface area contributed by atoms with Crippen LogP contribution < -0.4 is 20.1 Å². The van der Waals surface area contributed by atoms with E-state index in [1.54, 1.807) is 12.1 Å². The van der Waals surface area contributed by atoms with Gasteiger partial charge in [0.05, 0.1) is 30.7 Å². The minimum absolute atomic E-state index is 0.00520. The standard InChI is InChI=1S/C20H23ClN2O4S/c1-4-5-19(24)22-13-6-8-14(9-7-13)28-12-20(25)23-16-10-15(21)17(26-2)11-18(16)27-3/h6-11H,4-5,12H2,1-3H3,(H,22,24)(H,23,25). The van der Waals surface area contributed by atoms with E-state index in [-0.39, 0.29) is 17.6 Å². The van der Waals surface area contributed by atoms with Gasteiger partial charge in [-0.15, -0.1) is 11.8 Å². The first-order valence-corrected chi connectivity index (χ1v) is 10.1. The number of carbonyl (C=O) groups excluding carboxylic acids is 2. The smallest absolute Gasteiger partial charge is 0.234 e. The summed E-state index contributed by atoms with van der Waals surface area (Å²) in [5, 5.41) is 6.01. The molecular formula is C20H23ClN2O4S. The van der Waals surface area contributed by atoms with Gasteiger partial charge in [0.15, 0.2) is 0 Å². The first kappa shape index (κ1) is 21.9. The number of methoxy groups -OCH3 is 2. The molecule has 150 valence electrons. The highest BCUT2D eigenvalue weighted by atomic mass is 35.5. The Hall–Kier alpha value is -2.38.